The molecule has 9 heteroatoms. The van der Waals surface area contributed by atoms with E-state index in [-0.39, 0.29) is 30.2 Å². The number of nitrogens with one attached hydrogen (secondary N) is 2. The average Bonchev–Trinajstić information content (AvgIpc) is 3.34. The quantitative estimate of drug-likeness (QED) is 0.568. The lowest BCUT2D eigenvalue weighted by molar-refractivity contribution is -0.137. The SMILES string of the molecule is O=C(CNC(=O)c1cccc(C(F)(F)F)c1)NC1CCN(C2CCCCC2OCc2ccccc2)C1. The Morgan fingerprint density at radius 3 is 2.56 bits per heavy atom. The summed E-state index contributed by atoms with van der Waals surface area (Å²) < 4.78 is 44.9. The number of rotatable bonds is 8. The van der Waals surface area contributed by atoms with Crippen molar-refractivity contribution in [2.45, 2.75) is 63.1 Å². The molecule has 1 aliphatic heterocycles. The molecule has 36 heavy (non-hydrogen) atoms. The average molecular weight is 504 g/mol. The minimum absolute atomic E-state index is 0.0420. The van der Waals surface area contributed by atoms with Gasteiger partial charge in [0, 0.05) is 30.7 Å². The van der Waals surface area contributed by atoms with E-state index in [0.29, 0.717) is 19.2 Å². The van der Waals surface area contributed by atoms with Gasteiger partial charge in [-0.2, -0.15) is 13.2 Å². The van der Waals surface area contributed by atoms with Crippen LogP contribution in [0.25, 0.3) is 0 Å². The minimum Gasteiger partial charge on any atom is -0.372 e. The zero-order chi connectivity index (χ0) is 25.5. The predicted molar refractivity (Wildman–Crippen MR) is 129 cm³/mol. The zero-order valence-corrected chi connectivity index (χ0v) is 20.1. The highest BCUT2D eigenvalue weighted by atomic mass is 19.4. The Hall–Kier alpha value is -2.91. The molecule has 2 aliphatic rings. The first kappa shape index (κ1) is 26.2. The van der Waals surface area contributed by atoms with E-state index in [2.05, 4.69) is 27.7 Å². The van der Waals surface area contributed by atoms with Gasteiger partial charge in [0.15, 0.2) is 0 Å². The molecule has 2 aromatic carbocycles. The van der Waals surface area contributed by atoms with Gasteiger partial charge in [0.1, 0.15) is 0 Å². The van der Waals surface area contributed by atoms with Gasteiger partial charge in [-0.1, -0.05) is 49.2 Å². The molecular formula is C27H32F3N3O3. The van der Waals surface area contributed by atoms with Crippen molar-refractivity contribution >= 4 is 11.8 Å². The van der Waals surface area contributed by atoms with E-state index in [0.717, 1.165) is 56.3 Å². The van der Waals surface area contributed by atoms with Crippen LogP contribution in [0, 0.1) is 0 Å². The first-order valence-corrected chi connectivity index (χ1v) is 12.4. The maximum atomic E-state index is 12.9. The topological polar surface area (TPSA) is 70.7 Å². The largest absolute Gasteiger partial charge is 0.416 e. The molecule has 6 nitrogen and oxygen atoms in total. The molecule has 1 saturated heterocycles. The van der Waals surface area contributed by atoms with Gasteiger partial charge >= 0.3 is 6.18 Å². The van der Waals surface area contributed by atoms with Gasteiger partial charge in [-0.25, -0.2) is 0 Å². The molecule has 4 rings (SSSR count). The molecule has 3 unspecified atom stereocenters. The number of carbonyl (C=O) groups is 2. The Labute approximate surface area is 209 Å². The standard InChI is InChI=1S/C27H32F3N3O3/c28-27(29,30)21-10-6-9-20(15-21)26(35)31-16-25(34)32-22-13-14-33(17-22)23-11-4-5-12-24(23)36-18-19-7-2-1-3-8-19/h1-3,6-10,15,22-24H,4-5,11-14,16-18H2,(H,31,35)(H,32,34). The monoisotopic (exact) mass is 503 g/mol. The fraction of sp³-hybridized carbons (Fsp3) is 0.481. The maximum Gasteiger partial charge on any atom is 0.416 e. The fourth-order valence-electron chi connectivity index (χ4n) is 5.05. The number of benzene rings is 2. The zero-order valence-electron chi connectivity index (χ0n) is 20.1. The molecule has 2 N–H and O–H groups in total. The number of hydrogen-bond donors (Lipinski definition) is 2. The number of carbonyl (C=O) groups excluding carboxylic acids is 2. The summed E-state index contributed by atoms with van der Waals surface area (Å²) in [6.45, 7) is 1.86. The van der Waals surface area contributed by atoms with Crippen LogP contribution in [0.3, 0.4) is 0 Å². The number of alkyl halides is 3. The third-order valence-electron chi connectivity index (χ3n) is 6.89. The maximum absolute atomic E-state index is 12.9. The summed E-state index contributed by atoms with van der Waals surface area (Å²) in [6, 6.07) is 14.5. The lowest BCUT2D eigenvalue weighted by atomic mass is 9.91. The summed E-state index contributed by atoms with van der Waals surface area (Å²) in [7, 11) is 0. The fourth-order valence-corrected chi connectivity index (χ4v) is 5.05. The molecule has 0 aromatic heterocycles. The van der Waals surface area contributed by atoms with Gasteiger partial charge in [0.05, 0.1) is 24.8 Å². The molecular weight excluding hydrogens is 471 g/mol. The van der Waals surface area contributed by atoms with Crippen LogP contribution in [0.4, 0.5) is 13.2 Å². The highest BCUT2D eigenvalue weighted by Crippen LogP contribution is 2.30. The second-order valence-electron chi connectivity index (χ2n) is 9.50. The van der Waals surface area contributed by atoms with Crippen molar-refractivity contribution in [1.82, 2.24) is 15.5 Å². The highest BCUT2D eigenvalue weighted by Gasteiger charge is 2.35. The van der Waals surface area contributed by atoms with E-state index in [1.807, 2.05) is 18.2 Å². The number of likely N-dealkylation sites (tertiary alicyclic amines) is 1. The molecule has 2 fully saturated rings. The van der Waals surface area contributed by atoms with Crippen molar-refractivity contribution in [1.29, 1.82) is 0 Å². The first-order chi connectivity index (χ1) is 17.3. The Bertz CT molecular complexity index is 1030. The van der Waals surface area contributed by atoms with Crippen molar-refractivity contribution in [3.05, 3.63) is 71.3 Å². The third-order valence-corrected chi connectivity index (χ3v) is 6.89. The van der Waals surface area contributed by atoms with Crippen LogP contribution >= 0.6 is 0 Å². The Balaban J connectivity index is 1.23. The van der Waals surface area contributed by atoms with Crippen LogP contribution in [0.15, 0.2) is 54.6 Å². The van der Waals surface area contributed by atoms with Crippen LogP contribution in [-0.2, 0) is 22.3 Å². The van der Waals surface area contributed by atoms with Gasteiger partial charge in [-0.3, -0.25) is 14.5 Å². The van der Waals surface area contributed by atoms with Crippen LogP contribution in [-0.4, -0.2) is 54.5 Å². The van der Waals surface area contributed by atoms with Crippen LogP contribution in [0.5, 0.6) is 0 Å². The summed E-state index contributed by atoms with van der Waals surface area (Å²) in [5, 5.41) is 5.36. The minimum atomic E-state index is -4.54. The molecule has 1 saturated carbocycles. The van der Waals surface area contributed by atoms with Gasteiger partial charge in [0.2, 0.25) is 5.91 Å². The Kier molecular flexibility index (Phi) is 8.64. The second kappa shape index (κ2) is 11.9. The van der Waals surface area contributed by atoms with E-state index in [1.54, 1.807) is 0 Å². The van der Waals surface area contributed by atoms with Gasteiger partial charge in [-0.15, -0.1) is 0 Å². The van der Waals surface area contributed by atoms with Crippen molar-refractivity contribution in [2.24, 2.45) is 0 Å². The number of amides is 2. The summed E-state index contributed by atoms with van der Waals surface area (Å²) >= 11 is 0. The summed E-state index contributed by atoms with van der Waals surface area (Å²) in [4.78, 5) is 27.1. The van der Waals surface area contributed by atoms with Gasteiger partial charge in [0.25, 0.3) is 5.91 Å². The van der Waals surface area contributed by atoms with Crippen molar-refractivity contribution < 1.29 is 27.5 Å². The number of ether oxygens (including phenoxy) is 1. The van der Waals surface area contributed by atoms with Crippen LogP contribution in [0.1, 0.15) is 53.6 Å². The van der Waals surface area contributed by atoms with E-state index >= 15 is 0 Å². The summed E-state index contributed by atoms with van der Waals surface area (Å²) in [6.07, 6.45) is 0.807. The molecule has 2 aromatic rings. The summed E-state index contributed by atoms with van der Waals surface area (Å²) in [5.74, 6) is -1.08. The molecule has 2 amide bonds. The van der Waals surface area contributed by atoms with E-state index in [9.17, 15) is 22.8 Å². The molecule has 0 radical (unpaired) electrons. The molecule has 3 atom stereocenters. The van der Waals surface area contributed by atoms with Crippen molar-refractivity contribution in [3.63, 3.8) is 0 Å². The normalized spacial score (nSPS) is 22.8. The van der Waals surface area contributed by atoms with Crippen LogP contribution < -0.4 is 10.6 Å². The first-order valence-electron chi connectivity index (χ1n) is 12.4. The highest BCUT2D eigenvalue weighted by molar-refractivity contribution is 5.96. The predicted octanol–water partition coefficient (Wildman–Crippen LogP) is 4.15. The van der Waals surface area contributed by atoms with E-state index < -0.39 is 17.6 Å². The number of nitrogens with zero attached hydrogens (tertiary/aromatic N) is 1. The van der Waals surface area contributed by atoms with Gasteiger partial charge in [-0.05, 0) is 43.0 Å². The van der Waals surface area contributed by atoms with E-state index in [1.165, 1.54) is 12.1 Å². The van der Waals surface area contributed by atoms with Gasteiger partial charge < -0.3 is 15.4 Å². The van der Waals surface area contributed by atoms with Crippen molar-refractivity contribution in [2.75, 3.05) is 19.6 Å². The van der Waals surface area contributed by atoms with Crippen molar-refractivity contribution in [3.8, 4) is 0 Å². The Morgan fingerprint density at radius 2 is 1.78 bits per heavy atom. The summed E-state index contributed by atoms with van der Waals surface area (Å²) in [5.41, 5.74) is 0.114. The lowest BCUT2D eigenvalue weighted by Gasteiger charge is -2.38. The third kappa shape index (κ3) is 7.07. The second-order valence-corrected chi connectivity index (χ2v) is 9.50. The molecule has 194 valence electrons. The van der Waals surface area contributed by atoms with Crippen LogP contribution in [0.2, 0.25) is 0 Å². The number of hydrogen-bond acceptors (Lipinski definition) is 4. The number of halogens is 3. The molecule has 0 bridgehead atoms. The molecule has 1 aliphatic carbocycles. The van der Waals surface area contributed by atoms with E-state index in [4.69, 9.17) is 4.74 Å². The Morgan fingerprint density at radius 1 is 1.00 bits per heavy atom. The smallest absolute Gasteiger partial charge is 0.372 e. The lowest BCUT2D eigenvalue weighted by Crippen LogP contribution is -2.48. The molecule has 1 heterocycles. The molecule has 0 spiro atoms.